The highest BCUT2D eigenvalue weighted by molar-refractivity contribution is 5.82. The molecule has 1 aromatic carbocycles. The van der Waals surface area contributed by atoms with Gasteiger partial charge in [0.1, 0.15) is 11.3 Å². The molecule has 0 aliphatic heterocycles. The van der Waals surface area contributed by atoms with E-state index in [9.17, 15) is 0 Å². The molecule has 0 aliphatic carbocycles. The van der Waals surface area contributed by atoms with Gasteiger partial charge in [-0.25, -0.2) is 0 Å². The Morgan fingerprint density at radius 2 is 2.11 bits per heavy atom. The quantitative estimate of drug-likeness (QED) is 0.830. The van der Waals surface area contributed by atoms with Gasteiger partial charge in [0.25, 0.3) is 0 Å². The van der Waals surface area contributed by atoms with Crippen LogP contribution in [0, 0.1) is 0 Å². The number of hydrogen-bond acceptors (Lipinski definition) is 4. The van der Waals surface area contributed by atoms with E-state index in [1.54, 1.807) is 7.11 Å². The highest BCUT2D eigenvalue weighted by atomic mass is 16.5. The second-order valence-electron chi connectivity index (χ2n) is 4.76. The van der Waals surface area contributed by atoms with Crippen molar-refractivity contribution in [3.05, 3.63) is 35.6 Å². The third kappa shape index (κ3) is 3.35. The molecule has 2 rings (SSSR count). The maximum Gasteiger partial charge on any atom is 0.134 e. The number of para-hydroxylation sites is 1. The SMILES string of the molecule is CNCc1oc2ccccc2c1CN(C)CCOC. The molecule has 4 nitrogen and oxygen atoms in total. The molecule has 0 radical (unpaired) electrons. The lowest BCUT2D eigenvalue weighted by atomic mass is 10.1. The Morgan fingerprint density at radius 1 is 1.32 bits per heavy atom. The Labute approximate surface area is 114 Å². The van der Waals surface area contributed by atoms with E-state index in [4.69, 9.17) is 9.15 Å². The van der Waals surface area contributed by atoms with Crippen LogP contribution in [-0.4, -0.2) is 39.3 Å². The van der Waals surface area contributed by atoms with Crippen LogP contribution >= 0.6 is 0 Å². The molecule has 0 bridgehead atoms. The Hall–Kier alpha value is -1.36. The van der Waals surface area contributed by atoms with E-state index in [2.05, 4.69) is 29.4 Å². The second-order valence-corrected chi connectivity index (χ2v) is 4.76. The molecule has 1 aromatic heterocycles. The summed E-state index contributed by atoms with van der Waals surface area (Å²) in [4.78, 5) is 2.25. The van der Waals surface area contributed by atoms with Crippen molar-refractivity contribution in [2.75, 3.05) is 34.4 Å². The fraction of sp³-hybridized carbons (Fsp3) is 0.467. The maximum atomic E-state index is 5.92. The summed E-state index contributed by atoms with van der Waals surface area (Å²) in [6, 6.07) is 8.21. The number of likely N-dealkylation sites (N-methyl/N-ethyl adjacent to an activating group) is 1. The van der Waals surface area contributed by atoms with Crippen LogP contribution in [0.4, 0.5) is 0 Å². The van der Waals surface area contributed by atoms with Crippen LogP contribution in [0.15, 0.2) is 28.7 Å². The Morgan fingerprint density at radius 3 is 2.84 bits per heavy atom. The molecular weight excluding hydrogens is 240 g/mol. The molecule has 0 fully saturated rings. The van der Waals surface area contributed by atoms with Crippen molar-refractivity contribution >= 4 is 11.0 Å². The zero-order chi connectivity index (χ0) is 13.7. The van der Waals surface area contributed by atoms with Crippen molar-refractivity contribution in [1.82, 2.24) is 10.2 Å². The average molecular weight is 262 g/mol. The van der Waals surface area contributed by atoms with Gasteiger partial charge in [0.15, 0.2) is 0 Å². The van der Waals surface area contributed by atoms with Crippen molar-refractivity contribution in [3.63, 3.8) is 0 Å². The molecule has 0 spiro atoms. The molecule has 0 aliphatic rings. The molecule has 4 heteroatoms. The molecule has 0 saturated heterocycles. The molecule has 104 valence electrons. The maximum absolute atomic E-state index is 5.92. The van der Waals surface area contributed by atoms with E-state index in [-0.39, 0.29) is 0 Å². The van der Waals surface area contributed by atoms with E-state index in [1.807, 2.05) is 19.2 Å². The molecule has 19 heavy (non-hydrogen) atoms. The topological polar surface area (TPSA) is 37.6 Å². The number of hydrogen-bond donors (Lipinski definition) is 1. The minimum absolute atomic E-state index is 0.744. The Kier molecular flexibility index (Phi) is 4.96. The minimum atomic E-state index is 0.744. The lowest BCUT2D eigenvalue weighted by Gasteiger charge is -2.16. The number of ether oxygens (including phenoxy) is 1. The summed E-state index contributed by atoms with van der Waals surface area (Å²) in [6.45, 7) is 3.28. The minimum Gasteiger partial charge on any atom is -0.459 e. The third-order valence-corrected chi connectivity index (χ3v) is 3.22. The predicted molar refractivity (Wildman–Crippen MR) is 77.2 cm³/mol. The van der Waals surface area contributed by atoms with Gasteiger partial charge in [0.05, 0.1) is 13.2 Å². The molecular formula is C15H22N2O2. The normalized spacial score (nSPS) is 11.6. The van der Waals surface area contributed by atoms with Crippen molar-refractivity contribution in [2.24, 2.45) is 0 Å². The molecule has 0 amide bonds. The zero-order valence-electron chi connectivity index (χ0n) is 11.9. The van der Waals surface area contributed by atoms with Gasteiger partial charge in [-0.2, -0.15) is 0 Å². The summed E-state index contributed by atoms with van der Waals surface area (Å²) in [7, 11) is 5.77. The van der Waals surface area contributed by atoms with Crippen LogP contribution in [0.25, 0.3) is 11.0 Å². The van der Waals surface area contributed by atoms with Crippen LogP contribution < -0.4 is 5.32 Å². The monoisotopic (exact) mass is 262 g/mol. The second kappa shape index (κ2) is 6.70. The van der Waals surface area contributed by atoms with Crippen molar-refractivity contribution in [1.29, 1.82) is 0 Å². The van der Waals surface area contributed by atoms with Crippen LogP contribution in [0.1, 0.15) is 11.3 Å². The average Bonchev–Trinajstić information content (AvgIpc) is 2.75. The number of nitrogens with zero attached hydrogens (tertiary/aromatic N) is 1. The zero-order valence-corrected chi connectivity index (χ0v) is 11.9. The molecule has 0 unspecified atom stereocenters. The first kappa shape index (κ1) is 14.1. The molecule has 0 saturated carbocycles. The Bertz CT molecular complexity index is 522. The number of furan rings is 1. The van der Waals surface area contributed by atoms with Gasteiger partial charge < -0.3 is 14.5 Å². The van der Waals surface area contributed by atoms with Gasteiger partial charge >= 0.3 is 0 Å². The highest BCUT2D eigenvalue weighted by Crippen LogP contribution is 2.26. The molecule has 0 atom stereocenters. The lowest BCUT2D eigenvalue weighted by molar-refractivity contribution is 0.158. The number of rotatable bonds is 7. The first-order valence-corrected chi connectivity index (χ1v) is 6.57. The standard InChI is InChI=1S/C15H22N2O2/c1-16-10-15-13(11-17(2)8-9-18-3)12-6-4-5-7-14(12)19-15/h4-7,16H,8-11H2,1-3H3. The van der Waals surface area contributed by atoms with Crippen molar-refractivity contribution in [2.45, 2.75) is 13.1 Å². The van der Waals surface area contributed by atoms with Gasteiger partial charge in [-0.05, 0) is 20.2 Å². The summed E-state index contributed by atoms with van der Waals surface area (Å²) < 4.78 is 11.0. The van der Waals surface area contributed by atoms with Gasteiger partial charge in [-0.15, -0.1) is 0 Å². The van der Waals surface area contributed by atoms with E-state index in [1.165, 1.54) is 10.9 Å². The van der Waals surface area contributed by atoms with Crippen molar-refractivity contribution < 1.29 is 9.15 Å². The predicted octanol–water partition coefficient (Wildman–Crippen LogP) is 2.23. The van der Waals surface area contributed by atoms with Crippen LogP contribution in [-0.2, 0) is 17.8 Å². The van der Waals surface area contributed by atoms with Gasteiger partial charge in [-0.3, -0.25) is 4.90 Å². The van der Waals surface area contributed by atoms with Gasteiger partial charge in [0.2, 0.25) is 0 Å². The van der Waals surface area contributed by atoms with E-state index >= 15 is 0 Å². The smallest absolute Gasteiger partial charge is 0.134 e. The largest absolute Gasteiger partial charge is 0.459 e. The number of nitrogens with one attached hydrogen (secondary N) is 1. The van der Waals surface area contributed by atoms with Crippen LogP contribution in [0.2, 0.25) is 0 Å². The lowest BCUT2D eigenvalue weighted by Crippen LogP contribution is -2.23. The highest BCUT2D eigenvalue weighted by Gasteiger charge is 2.14. The van der Waals surface area contributed by atoms with Crippen molar-refractivity contribution in [3.8, 4) is 0 Å². The first-order chi connectivity index (χ1) is 9.26. The summed E-state index contributed by atoms with van der Waals surface area (Å²) in [6.07, 6.45) is 0. The fourth-order valence-electron chi connectivity index (χ4n) is 2.22. The fourth-order valence-corrected chi connectivity index (χ4v) is 2.22. The third-order valence-electron chi connectivity index (χ3n) is 3.22. The van der Waals surface area contributed by atoms with Gasteiger partial charge in [0, 0.05) is 31.1 Å². The summed E-state index contributed by atoms with van der Waals surface area (Å²) in [5.41, 5.74) is 2.23. The number of benzene rings is 1. The van der Waals surface area contributed by atoms with Gasteiger partial charge in [-0.1, -0.05) is 18.2 Å². The number of fused-ring (bicyclic) bond motifs is 1. The molecule has 1 heterocycles. The van der Waals surface area contributed by atoms with Crippen LogP contribution in [0.3, 0.4) is 0 Å². The molecule has 2 aromatic rings. The number of methoxy groups -OCH3 is 1. The van der Waals surface area contributed by atoms with E-state index < -0.39 is 0 Å². The summed E-state index contributed by atoms with van der Waals surface area (Å²) >= 11 is 0. The summed E-state index contributed by atoms with van der Waals surface area (Å²) in [5, 5.41) is 4.37. The van der Waals surface area contributed by atoms with Crippen LogP contribution in [0.5, 0.6) is 0 Å². The Balaban J connectivity index is 2.25. The molecule has 1 N–H and O–H groups in total. The van der Waals surface area contributed by atoms with E-state index in [0.29, 0.717) is 0 Å². The first-order valence-electron chi connectivity index (χ1n) is 6.57. The van der Waals surface area contributed by atoms with E-state index in [0.717, 1.165) is 37.6 Å². The summed E-state index contributed by atoms with van der Waals surface area (Å²) in [5.74, 6) is 1.02.